The Labute approximate surface area is 165 Å². The zero-order chi connectivity index (χ0) is 20.7. The zero-order valence-electron chi connectivity index (χ0n) is 16.0. The van der Waals surface area contributed by atoms with Gasteiger partial charge in [-0.05, 0) is 25.0 Å². The van der Waals surface area contributed by atoms with Gasteiger partial charge in [0.15, 0.2) is 0 Å². The number of fused-ring (bicyclic) bond motifs is 1. The van der Waals surface area contributed by atoms with Gasteiger partial charge in [0.25, 0.3) is 5.91 Å². The summed E-state index contributed by atoms with van der Waals surface area (Å²) in [6.07, 6.45) is 4.82. The average molecular weight is 400 g/mol. The molecule has 0 atom stereocenters. The van der Waals surface area contributed by atoms with Gasteiger partial charge in [-0.3, -0.25) is 14.8 Å². The second-order valence-electron chi connectivity index (χ2n) is 7.46. The van der Waals surface area contributed by atoms with E-state index in [-0.39, 0.29) is 28.7 Å². The molecule has 2 heterocycles. The van der Waals surface area contributed by atoms with Crippen molar-refractivity contribution in [1.82, 2.24) is 30.4 Å². The van der Waals surface area contributed by atoms with Crippen LogP contribution in [0.25, 0.3) is 16.6 Å². The normalized spacial score (nSPS) is 14.0. The first-order chi connectivity index (χ1) is 13.9. The van der Waals surface area contributed by atoms with Crippen molar-refractivity contribution in [2.45, 2.75) is 45.3 Å². The van der Waals surface area contributed by atoms with Crippen molar-refractivity contribution in [2.75, 3.05) is 0 Å². The molecule has 3 N–H and O–H groups in total. The van der Waals surface area contributed by atoms with Crippen LogP contribution in [0.2, 0.25) is 0 Å². The van der Waals surface area contributed by atoms with Gasteiger partial charge in [0, 0.05) is 30.2 Å². The third kappa shape index (κ3) is 3.64. The summed E-state index contributed by atoms with van der Waals surface area (Å²) in [6, 6.07) is 3.03. The smallest absolute Gasteiger partial charge is 0.280 e. The van der Waals surface area contributed by atoms with Crippen molar-refractivity contribution < 1.29 is 14.4 Å². The molecule has 9 nitrogen and oxygen atoms in total. The lowest BCUT2D eigenvalue weighted by Crippen LogP contribution is -2.27. The fraction of sp³-hybridized carbons (Fsp3) is 0.368. The lowest BCUT2D eigenvalue weighted by atomic mass is 10.1. The third-order valence-electron chi connectivity index (χ3n) is 4.87. The van der Waals surface area contributed by atoms with Gasteiger partial charge in [-0.15, -0.1) is 5.10 Å². The Hall–Kier alpha value is -3.11. The molecule has 1 saturated carbocycles. The van der Waals surface area contributed by atoms with E-state index < -0.39 is 17.2 Å². The lowest BCUT2D eigenvalue weighted by molar-refractivity contribution is 0.0704. The molecule has 0 aliphatic heterocycles. The number of benzene rings is 1. The predicted octanol–water partition coefficient (Wildman–Crippen LogP) is 1.67. The molecule has 1 aliphatic rings. The molecular formula is C19H21FN6O3. The highest BCUT2D eigenvalue weighted by Crippen LogP contribution is 2.37. The van der Waals surface area contributed by atoms with Gasteiger partial charge in [-0.1, -0.05) is 19.1 Å². The number of halogens is 1. The molecule has 3 aromatic rings. The van der Waals surface area contributed by atoms with E-state index in [0.29, 0.717) is 17.8 Å². The molecule has 29 heavy (non-hydrogen) atoms. The summed E-state index contributed by atoms with van der Waals surface area (Å²) in [4.78, 5) is 24.5. The van der Waals surface area contributed by atoms with Crippen molar-refractivity contribution >= 4 is 16.8 Å². The molecule has 1 aliphatic carbocycles. The van der Waals surface area contributed by atoms with Crippen LogP contribution in [0.3, 0.4) is 0 Å². The molecule has 0 saturated heterocycles. The van der Waals surface area contributed by atoms with Crippen LogP contribution >= 0.6 is 0 Å². The number of carbonyl (C=O) groups excluding carboxylic acids is 1. The standard InChI is InChI=1S/C19H21FN6O3/c1-10(2)21-7-11-8-26(24-22-11)17-6-16-13(5-15(17)20)18(27)14(19(28)23-29)9-25(16)12-3-4-12/h5-6,8-10,12,21,29H,3-4,7H2,1-2H3,(H,23,28). The summed E-state index contributed by atoms with van der Waals surface area (Å²) in [5, 5.41) is 20.3. The van der Waals surface area contributed by atoms with E-state index in [4.69, 9.17) is 5.21 Å². The highest BCUT2D eigenvalue weighted by Gasteiger charge is 2.27. The summed E-state index contributed by atoms with van der Waals surface area (Å²) in [7, 11) is 0. The molecule has 4 rings (SSSR count). The number of rotatable bonds is 6. The average Bonchev–Trinajstić information content (AvgIpc) is 3.43. The highest BCUT2D eigenvalue weighted by atomic mass is 19.1. The Morgan fingerprint density at radius 1 is 1.34 bits per heavy atom. The second-order valence-corrected chi connectivity index (χ2v) is 7.46. The minimum atomic E-state index is -0.922. The van der Waals surface area contributed by atoms with Gasteiger partial charge >= 0.3 is 0 Å². The molecule has 0 unspecified atom stereocenters. The van der Waals surface area contributed by atoms with Gasteiger partial charge < -0.3 is 9.88 Å². The maximum atomic E-state index is 14.9. The van der Waals surface area contributed by atoms with Crippen LogP contribution in [0.5, 0.6) is 0 Å². The van der Waals surface area contributed by atoms with E-state index in [1.165, 1.54) is 16.4 Å². The predicted molar refractivity (Wildman–Crippen MR) is 103 cm³/mol. The Kier molecular flexibility index (Phi) is 4.89. The maximum absolute atomic E-state index is 14.9. The first-order valence-corrected chi connectivity index (χ1v) is 9.37. The number of nitrogens with one attached hydrogen (secondary N) is 2. The van der Waals surface area contributed by atoms with E-state index in [2.05, 4.69) is 15.6 Å². The number of nitrogens with zero attached hydrogens (tertiary/aromatic N) is 4. The van der Waals surface area contributed by atoms with Crippen LogP contribution in [0.1, 0.15) is 48.8 Å². The van der Waals surface area contributed by atoms with E-state index in [9.17, 15) is 14.0 Å². The number of hydroxylamine groups is 1. The number of pyridine rings is 1. The van der Waals surface area contributed by atoms with Gasteiger partial charge in [-0.25, -0.2) is 14.6 Å². The number of hydrogen-bond donors (Lipinski definition) is 3. The van der Waals surface area contributed by atoms with Crippen LogP contribution in [0.15, 0.2) is 29.3 Å². The van der Waals surface area contributed by atoms with E-state index in [1.54, 1.807) is 16.8 Å². The van der Waals surface area contributed by atoms with Crippen LogP contribution < -0.4 is 16.2 Å². The quantitative estimate of drug-likeness (QED) is 0.428. The van der Waals surface area contributed by atoms with Crippen molar-refractivity contribution in [3.8, 4) is 5.69 Å². The summed E-state index contributed by atoms with van der Waals surface area (Å²) in [6.45, 7) is 4.52. The van der Waals surface area contributed by atoms with Crippen LogP contribution in [-0.4, -0.2) is 36.7 Å². The fourth-order valence-corrected chi connectivity index (χ4v) is 3.22. The van der Waals surface area contributed by atoms with Crippen molar-refractivity contribution in [3.63, 3.8) is 0 Å². The Morgan fingerprint density at radius 3 is 2.76 bits per heavy atom. The fourth-order valence-electron chi connectivity index (χ4n) is 3.22. The molecule has 1 amide bonds. The maximum Gasteiger partial charge on any atom is 0.280 e. The van der Waals surface area contributed by atoms with Crippen molar-refractivity contribution in [1.29, 1.82) is 0 Å². The molecule has 1 fully saturated rings. The van der Waals surface area contributed by atoms with E-state index in [1.807, 2.05) is 13.8 Å². The SMILES string of the molecule is CC(C)NCc1cn(-c2cc3c(cc2F)c(=O)c(C(=O)NO)cn3C2CC2)nn1. The summed E-state index contributed by atoms with van der Waals surface area (Å²) >= 11 is 0. The molecule has 0 radical (unpaired) electrons. The number of aromatic nitrogens is 4. The minimum absolute atomic E-state index is 0.0704. The summed E-state index contributed by atoms with van der Waals surface area (Å²) < 4.78 is 18.0. The molecule has 0 spiro atoms. The first kappa shape index (κ1) is 19.2. The van der Waals surface area contributed by atoms with Crippen molar-refractivity contribution in [3.05, 3.63) is 51.8 Å². The highest BCUT2D eigenvalue weighted by molar-refractivity contribution is 5.97. The monoisotopic (exact) mass is 400 g/mol. The number of amides is 1. The zero-order valence-corrected chi connectivity index (χ0v) is 16.0. The van der Waals surface area contributed by atoms with Gasteiger partial charge in [0.1, 0.15) is 17.1 Å². The topological polar surface area (TPSA) is 114 Å². The number of hydrogen-bond acceptors (Lipinski definition) is 6. The van der Waals surface area contributed by atoms with Crippen molar-refractivity contribution in [2.24, 2.45) is 0 Å². The molecular weight excluding hydrogens is 379 g/mol. The van der Waals surface area contributed by atoms with Crippen LogP contribution in [-0.2, 0) is 6.54 Å². The van der Waals surface area contributed by atoms with Crippen LogP contribution in [0, 0.1) is 5.82 Å². The third-order valence-corrected chi connectivity index (χ3v) is 4.87. The minimum Gasteiger partial charge on any atom is -0.343 e. The largest absolute Gasteiger partial charge is 0.343 e. The van der Waals surface area contributed by atoms with Gasteiger partial charge in [0.2, 0.25) is 5.43 Å². The molecule has 1 aromatic carbocycles. The Bertz CT molecular complexity index is 1150. The van der Waals surface area contributed by atoms with Crippen LogP contribution in [0.4, 0.5) is 4.39 Å². The summed E-state index contributed by atoms with van der Waals surface area (Å²) in [5.41, 5.74) is 1.92. The second kappa shape index (κ2) is 7.37. The Balaban J connectivity index is 1.84. The Morgan fingerprint density at radius 2 is 2.10 bits per heavy atom. The molecule has 2 aromatic heterocycles. The molecule has 152 valence electrons. The van der Waals surface area contributed by atoms with E-state index >= 15 is 0 Å². The molecule has 0 bridgehead atoms. The first-order valence-electron chi connectivity index (χ1n) is 9.37. The number of carbonyl (C=O) groups is 1. The summed E-state index contributed by atoms with van der Waals surface area (Å²) in [5.74, 6) is -1.58. The van der Waals surface area contributed by atoms with Gasteiger partial charge in [0.05, 0.1) is 17.4 Å². The van der Waals surface area contributed by atoms with E-state index in [0.717, 1.165) is 18.9 Å². The molecule has 10 heteroatoms. The van der Waals surface area contributed by atoms with Gasteiger partial charge in [-0.2, -0.15) is 0 Å². The lowest BCUT2D eigenvalue weighted by Gasteiger charge is -2.14.